The van der Waals surface area contributed by atoms with Gasteiger partial charge in [0.15, 0.2) is 0 Å². The van der Waals surface area contributed by atoms with Crippen LogP contribution in [0.15, 0.2) is 39.7 Å². The Balaban J connectivity index is 1.71. The Morgan fingerprint density at radius 1 is 1.22 bits per heavy atom. The topological polar surface area (TPSA) is 97.1 Å². The van der Waals surface area contributed by atoms with Crippen LogP contribution in [-0.2, 0) is 20.5 Å². The van der Waals surface area contributed by atoms with Crippen LogP contribution in [-0.4, -0.2) is 46.9 Å². The second-order valence-electron chi connectivity index (χ2n) is 6.48. The van der Waals surface area contributed by atoms with Gasteiger partial charge in [-0.2, -0.15) is 13.2 Å². The van der Waals surface area contributed by atoms with Crippen LogP contribution in [0.25, 0.3) is 17.4 Å². The van der Waals surface area contributed by atoms with Crippen molar-refractivity contribution in [2.45, 2.75) is 12.6 Å². The van der Waals surface area contributed by atoms with Gasteiger partial charge in [0.25, 0.3) is 11.1 Å². The number of amides is 2. The molecule has 0 saturated carbocycles. The molecule has 0 atom stereocenters. The van der Waals surface area contributed by atoms with Crippen molar-refractivity contribution in [3.63, 3.8) is 0 Å². The molecule has 2 amide bonds. The van der Waals surface area contributed by atoms with E-state index < -0.39 is 28.9 Å². The SMILES string of the molecule is O=C(O)CCOCCN1C(=O)S/C(=C\c2ccc(-c3cc(C(F)(F)F)ccc3Cl)o2)C1=O. The molecule has 170 valence electrons. The lowest BCUT2D eigenvalue weighted by Crippen LogP contribution is -2.31. The summed E-state index contributed by atoms with van der Waals surface area (Å²) in [7, 11) is 0. The summed E-state index contributed by atoms with van der Waals surface area (Å²) >= 11 is 6.69. The maximum Gasteiger partial charge on any atom is 0.416 e. The molecule has 3 rings (SSSR count). The molecule has 2 heterocycles. The number of thioether (sulfide) groups is 1. The van der Waals surface area contributed by atoms with E-state index in [2.05, 4.69) is 0 Å². The molecule has 1 saturated heterocycles. The van der Waals surface area contributed by atoms with Gasteiger partial charge in [-0.25, -0.2) is 0 Å². The first-order valence-electron chi connectivity index (χ1n) is 9.08. The van der Waals surface area contributed by atoms with Gasteiger partial charge < -0.3 is 14.3 Å². The summed E-state index contributed by atoms with van der Waals surface area (Å²) in [5.74, 6) is -1.39. The highest BCUT2D eigenvalue weighted by Gasteiger charge is 2.35. The third-order valence-electron chi connectivity index (χ3n) is 4.25. The Bertz CT molecular complexity index is 1080. The number of ether oxygens (including phenoxy) is 1. The fraction of sp³-hybridized carbons (Fsp3) is 0.250. The molecule has 1 aliphatic rings. The summed E-state index contributed by atoms with van der Waals surface area (Å²) in [6.45, 7) is -0.114. The molecule has 2 aromatic rings. The van der Waals surface area contributed by atoms with Gasteiger partial charge in [0.05, 0.1) is 41.7 Å². The molecule has 1 N–H and O–H groups in total. The highest BCUT2D eigenvalue weighted by molar-refractivity contribution is 8.18. The summed E-state index contributed by atoms with van der Waals surface area (Å²) in [6.07, 6.45) is -3.44. The molecular weight excluding hydrogens is 475 g/mol. The first-order valence-corrected chi connectivity index (χ1v) is 10.3. The number of alkyl halides is 3. The normalized spacial score (nSPS) is 15.8. The molecule has 0 unspecified atom stereocenters. The van der Waals surface area contributed by atoms with Crippen LogP contribution in [0.1, 0.15) is 17.7 Å². The molecule has 0 aliphatic carbocycles. The van der Waals surface area contributed by atoms with Gasteiger partial charge in [0.2, 0.25) is 0 Å². The summed E-state index contributed by atoms with van der Waals surface area (Å²) in [5.41, 5.74) is -0.853. The average molecular weight is 490 g/mol. The van der Waals surface area contributed by atoms with Crippen LogP contribution in [0.5, 0.6) is 0 Å². The zero-order valence-electron chi connectivity index (χ0n) is 16.1. The Morgan fingerprint density at radius 2 is 1.97 bits per heavy atom. The Labute approximate surface area is 188 Å². The summed E-state index contributed by atoms with van der Waals surface area (Å²) < 4.78 is 49.6. The van der Waals surface area contributed by atoms with Crippen molar-refractivity contribution in [3.05, 3.63) is 51.6 Å². The number of furan rings is 1. The van der Waals surface area contributed by atoms with Crippen LogP contribution < -0.4 is 0 Å². The predicted molar refractivity (Wildman–Crippen MR) is 110 cm³/mol. The van der Waals surface area contributed by atoms with E-state index >= 15 is 0 Å². The molecule has 0 radical (unpaired) electrons. The average Bonchev–Trinajstić information content (AvgIpc) is 3.26. The number of benzene rings is 1. The molecule has 32 heavy (non-hydrogen) atoms. The third-order valence-corrected chi connectivity index (χ3v) is 5.49. The number of imide groups is 1. The minimum atomic E-state index is -4.55. The third kappa shape index (κ3) is 5.72. The summed E-state index contributed by atoms with van der Waals surface area (Å²) in [5, 5.41) is 8.07. The van der Waals surface area contributed by atoms with E-state index in [4.69, 9.17) is 25.9 Å². The van der Waals surface area contributed by atoms with Crippen molar-refractivity contribution in [3.8, 4) is 11.3 Å². The van der Waals surface area contributed by atoms with Crippen molar-refractivity contribution in [2.75, 3.05) is 19.8 Å². The van der Waals surface area contributed by atoms with Crippen molar-refractivity contribution >= 4 is 46.6 Å². The number of nitrogens with zero attached hydrogens (tertiary/aromatic N) is 1. The lowest BCUT2D eigenvalue weighted by molar-refractivity contribution is -0.139. The highest BCUT2D eigenvalue weighted by Crippen LogP contribution is 2.37. The van der Waals surface area contributed by atoms with Gasteiger partial charge in [-0.05, 0) is 42.1 Å². The number of carbonyl (C=O) groups is 3. The number of carboxylic acid groups (broad SMARTS) is 1. The van der Waals surface area contributed by atoms with Gasteiger partial charge in [0.1, 0.15) is 11.5 Å². The van der Waals surface area contributed by atoms with Crippen LogP contribution in [0.3, 0.4) is 0 Å². The van der Waals surface area contributed by atoms with Crippen LogP contribution >= 0.6 is 23.4 Å². The van der Waals surface area contributed by atoms with E-state index in [0.717, 1.165) is 23.1 Å². The Kier molecular flexibility index (Phi) is 7.32. The van der Waals surface area contributed by atoms with Crippen molar-refractivity contribution in [1.29, 1.82) is 0 Å². The quantitative estimate of drug-likeness (QED) is 0.404. The van der Waals surface area contributed by atoms with E-state index in [9.17, 15) is 27.6 Å². The maximum atomic E-state index is 13.0. The fourth-order valence-corrected chi connectivity index (χ4v) is 3.76. The van der Waals surface area contributed by atoms with Crippen LogP contribution in [0, 0.1) is 0 Å². The first-order chi connectivity index (χ1) is 15.1. The Hall–Kier alpha value is -2.76. The Morgan fingerprint density at radius 3 is 2.66 bits per heavy atom. The summed E-state index contributed by atoms with van der Waals surface area (Å²) in [6, 6.07) is 5.69. The molecule has 7 nitrogen and oxygen atoms in total. The number of carbonyl (C=O) groups excluding carboxylic acids is 2. The molecule has 12 heteroatoms. The lowest BCUT2D eigenvalue weighted by atomic mass is 10.1. The molecule has 0 spiro atoms. The van der Waals surface area contributed by atoms with Crippen LogP contribution in [0.2, 0.25) is 5.02 Å². The molecule has 0 bridgehead atoms. The van der Waals surface area contributed by atoms with Crippen molar-refractivity contribution in [2.24, 2.45) is 0 Å². The lowest BCUT2D eigenvalue weighted by Gasteiger charge is -2.11. The zero-order valence-corrected chi connectivity index (χ0v) is 17.7. The number of halogens is 4. The van der Waals surface area contributed by atoms with E-state index in [-0.39, 0.29) is 53.2 Å². The minimum absolute atomic E-state index is 0.0163. The number of hydrogen-bond donors (Lipinski definition) is 1. The van der Waals surface area contributed by atoms with E-state index in [1.807, 2.05) is 0 Å². The van der Waals surface area contributed by atoms with Crippen molar-refractivity contribution < 1.29 is 41.8 Å². The number of carboxylic acids is 1. The minimum Gasteiger partial charge on any atom is -0.481 e. The van der Waals surface area contributed by atoms with Gasteiger partial charge in [-0.1, -0.05) is 11.6 Å². The fourth-order valence-electron chi connectivity index (χ4n) is 2.70. The molecule has 1 aliphatic heterocycles. The van der Waals surface area contributed by atoms with E-state index in [1.165, 1.54) is 18.2 Å². The molecule has 1 aromatic heterocycles. The van der Waals surface area contributed by atoms with E-state index in [1.54, 1.807) is 0 Å². The molecular formula is C20H15ClF3NO6S. The first kappa shape index (κ1) is 23.9. The number of rotatable bonds is 8. The van der Waals surface area contributed by atoms with E-state index in [0.29, 0.717) is 11.8 Å². The molecule has 1 aromatic carbocycles. The van der Waals surface area contributed by atoms with Crippen molar-refractivity contribution in [1.82, 2.24) is 4.90 Å². The maximum absolute atomic E-state index is 13.0. The zero-order chi connectivity index (χ0) is 23.5. The van der Waals surface area contributed by atoms with Gasteiger partial charge in [-0.15, -0.1) is 0 Å². The highest BCUT2D eigenvalue weighted by atomic mass is 35.5. The smallest absolute Gasteiger partial charge is 0.416 e. The van der Waals surface area contributed by atoms with Gasteiger partial charge in [0, 0.05) is 11.6 Å². The monoisotopic (exact) mass is 489 g/mol. The second-order valence-corrected chi connectivity index (χ2v) is 7.88. The summed E-state index contributed by atoms with van der Waals surface area (Å²) in [4.78, 5) is 36.0. The largest absolute Gasteiger partial charge is 0.481 e. The standard InChI is InChI=1S/C20H15ClF3NO6S/c21-14-3-1-11(20(22,23)24)9-13(14)15-4-2-12(31-15)10-16-18(28)25(19(29)32-16)6-8-30-7-5-17(26)27/h1-4,9-10H,5-8H2,(H,26,27)/b16-10-. The van der Waals surface area contributed by atoms with Crippen LogP contribution in [0.4, 0.5) is 18.0 Å². The number of aliphatic carboxylic acids is 1. The second kappa shape index (κ2) is 9.80. The predicted octanol–water partition coefficient (Wildman–Crippen LogP) is 5.15. The number of hydrogen-bond acceptors (Lipinski definition) is 6. The van der Waals surface area contributed by atoms with Gasteiger partial charge in [-0.3, -0.25) is 19.3 Å². The molecule has 1 fully saturated rings. The van der Waals surface area contributed by atoms with Gasteiger partial charge >= 0.3 is 12.1 Å².